The van der Waals surface area contributed by atoms with Gasteiger partial charge in [0.2, 0.25) is 5.91 Å². The maximum atomic E-state index is 12.6. The fourth-order valence-corrected chi connectivity index (χ4v) is 4.57. The Balaban J connectivity index is 1.55. The molecule has 0 radical (unpaired) electrons. The molecule has 0 aromatic rings. The van der Waals surface area contributed by atoms with Gasteiger partial charge in [-0.25, -0.2) is 5.14 Å². The number of carbonyl (C=O) groups is 1. The third-order valence-electron chi connectivity index (χ3n) is 5.07. The van der Waals surface area contributed by atoms with Gasteiger partial charge < -0.3 is 10.2 Å². The van der Waals surface area contributed by atoms with Crippen LogP contribution < -0.4 is 10.5 Å². The van der Waals surface area contributed by atoms with Gasteiger partial charge in [0, 0.05) is 32.2 Å². The zero-order valence-electron chi connectivity index (χ0n) is 12.2. The molecule has 2 heterocycles. The number of carbonyl (C=O) groups excluding carboxylic acids is 1. The molecule has 3 N–H and O–H groups in total. The van der Waals surface area contributed by atoms with Gasteiger partial charge in [0.15, 0.2) is 0 Å². The zero-order chi connectivity index (χ0) is 15.0. The molecule has 0 spiro atoms. The first-order valence-electron chi connectivity index (χ1n) is 7.78. The van der Waals surface area contributed by atoms with E-state index in [0.29, 0.717) is 38.1 Å². The second-order valence-corrected chi connectivity index (χ2v) is 7.92. The van der Waals surface area contributed by atoms with Crippen LogP contribution in [0, 0.1) is 5.92 Å². The average molecular weight is 316 g/mol. The van der Waals surface area contributed by atoms with Crippen LogP contribution in [-0.4, -0.2) is 61.8 Å². The van der Waals surface area contributed by atoms with Gasteiger partial charge >= 0.3 is 0 Å². The molecule has 3 fully saturated rings. The van der Waals surface area contributed by atoms with E-state index in [-0.39, 0.29) is 11.9 Å². The van der Waals surface area contributed by atoms with E-state index in [1.165, 1.54) is 30.0 Å². The molecule has 3 aliphatic rings. The van der Waals surface area contributed by atoms with Crippen LogP contribution in [-0.2, 0) is 15.0 Å². The van der Waals surface area contributed by atoms with Crippen LogP contribution in [0.25, 0.3) is 0 Å². The Morgan fingerprint density at radius 1 is 1.10 bits per heavy atom. The number of fused-ring (bicyclic) bond motifs is 1. The van der Waals surface area contributed by atoms with Gasteiger partial charge in [0.1, 0.15) is 0 Å². The van der Waals surface area contributed by atoms with Gasteiger partial charge in [0.05, 0.1) is 6.04 Å². The number of hydrogen-bond acceptors (Lipinski definition) is 4. The number of nitrogens with two attached hydrogens (primary N) is 1. The summed E-state index contributed by atoms with van der Waals surface area (Å²) >= 11 is 0. The lowest BCUT2D eigenvalue weighted by molar-refractivity contribution is -0.134. The summed E-state index contributed by atoms with van der Waals surface area (Å²) in [5.41, 5.74) is 0. The molecule has 8 heteroatoms. The standard InChI is InChI=1S/C13H24N4O3S/c14-21(19,20)17-7-5-16(6-8-17)13(18)12-9-10-3-1-2-4-11(10)15-12/h10-12,15H,1-9H2,(H2,14,19,20). The molecule has 3 atom stereocenters. The van der Waals surface area contributed by atoms with Crippen LogP contribution in [0.3, 0.4) is 0 Å². The van der Waals surface area contributed by atoms with E-state index in [4.69, 9.17) is 5.14 Å². The highest BCUT2D eigenvalue weighted by Crippen LogP contribution is 2.33. The number of nitrogens with one attached hydrogen (secondary N) is 1. The van der Waals surface area contributed by atoms with Crippen molar-refractivity contribution in [2.24, 2.45) is 11.1 Å². The van der Waals surface area contributed by atoms with Crippen LogP contribution in [0.1, 0.15) is 32.1 Å². The minimum atomic E-state index is -3.63. The number of piperazine rings is 1. The van der Waals surface area contributed by atoms with Gasteiger partial charge in [-0.1, -0.05) is 12.8 Å². The van der Waals surface area contributed by atoms with Crippen molar-refractivity contribution in [1.29, 1.82) is 0 Å². The Morgan fingerprint density at radius 3 is 2.38 bits per heavy atom. The fourth-order valence-electron chi connectivity index (χ4n) is 3.89. The maximum absolute atomic E-state index is 12.6. The highest BCUT2D eigenvalue weighted by Gasteiger charge is 2.40. The Kier molecular flexibility index (Phi) is 4.22. The van der Waals surface area contributed by atoms with E-state index in [1.807, 2.05) is 0 Å². The maximum Gasteiger partial charge on any atom is 0.277 e. The second-order valence-electron chi connectivity index (χ2n) is 6.38. The molecule has 2 aliphatic heterocycles. The molecule has 0 bridgehead atoms. The summed E-state index contributed by atoms with van der Waals surface area (Å²) in [5.74, 6) is 0.761. The molecule has 21 heavy (non-hydrogen) atoms. The average Bonchev–Trinajstić information content (AvgIpc) is 2.89. The van der Waals surface area contributed by atoms with E-state index in [9.17, 15) is 13.2 Å². The number of rotatable bonds is 2. The lowest BCUT2D eigenvalue weighted by atomic mass is 9.85. The number of nitrogens with zero attached hydrogens (tertiary/aromatic N) is 2. The fraction of sp³-hybridized carbons (Fsp3) is 0.923. The molecular weight excluding hydrogens is 292 g/mol. The Morgan fingerprint density at radius 2 is 1.76 bits per heavy atom. The molecule has 3 unspecified atom stereocenters. The second kappa shape index (κ2) is 5.83. The first kappa shape index (κ1) is 15.2. The van der Waals surface area contributed by atoms with Gasteiger partial charge in [-0.3, -0.25) is 4.79 Å². The minimum Gasteiger partial charge on any atom is -0.339 e. The highest BCUT2D eigenvalue weighted by molar-refractivity contribution is 7.86. The lowest BCUT2D eigenvalue weighted by Gasteiger charge is -2.34. The van der Waals surface area contributed by atoms with Crippen molar-refractivity contribution >= 4 is 16.1 Å². The summed E-state index contributed by atoms with van der Waals surface area (Å²) in [6.45, 7) is 1.46. The molecular formula is C13H24N4O3S. The Labute approximate surface area is 126 Å². The third-order valence-corrected chi connectivity index (χ3v) is 6.16. The van der Waals surface area contributed by atoms with Gasteiger partial charge in [-0.2, -0.15) is 12.7 Å². The van der Waals surface area contributed by atoms with E-state index in [0.717, 1.165) is 6.42 Å². The van der Waals surface area contributed by atoms with Crippen LogP contribution in [0.5, 0.6) is 0 Å². The van der Waals surface area contributed by atoms with Crippen LogP contribution in [0.15, 0.2) is 0 Å². The summed E-state index contributed by atoms with van der Waals surface area (Å²) in [7, 11) is -3.63. The van der Waals surface area contributed by atoms with E-state index in [1.54, 1.807) is 4.90 Å². The molecule has 3 rings (SSSR count). The van der Waals surface area contributed by atoms with Crippen molar-refractivity contribution in [3.8, 4) is 0 Å². The summed E-state index contributed by atoms with van der Waals surface area (Å²) < 4.78 is 23.8. The van der Waals surface area contributed by atoms with E-state index < -0.39 is 10.2 Å². The van der Waals surface area contributed by atoms with Crippen LogP contribution in [0.2, 0.25) is 0 Å². The number of hydrogen-bond donors (Lipinski definition) is 2. The van der Waals surface area contributed by atoms with Crippen molar-refractivity contribution in [2.45, 2.75) is 44.2 Å². The molecule has 7 nitrogen and oxygen atoms in total. The Hall–Kier alpha value is -0.700. The van der Waals surface area contributed by atoms with Gasteiger partial charge in [0.25, 0.3) is 10.2 Å². The number of amides is 1. The summed E-state index contributed by atoms with van der Waals surface area (Å²) in [5, 5.41) is 8.60. The molecule has 120 valence electrons. The smallest absolute Gasteiger partial charge is 0.277 e. The SMILES string of the molecule is NS(=O)(=O)N1CCN(C(=O)C2CC3CCCCC3N2)CC1. The first-order valence-corrected chi connectivity index (χ1v) is 9.28. The third kappa shape index (κ3) is 3.23. The predicted octanol–water partition coefficient (Wildman–Crippen LogP) is -0.745. The molecule has 1 aliphatic carbocycles. The van der Waals surface area contributed by atoms with Crippen molar-refractivity contribution in [3.63, 3.8) is 0 Å². The topological polar surface area (TPSA) is 95.7 Å². The molecule has 0 aromatic carbocycles. The predicted molar refractivity (Wildman–Crippen MR) is 78.5 cm³/mol. The van der Waals surface area contributed by atoms with Crippen molar-refractivity contribution in [1.82, 2.24) is 14.5 Å². The quantitative estimate of drug-likeness (QED) is 0.701. The zero-order valence-corrected chi connectivity index (χ0v) is 13.0. The highest BCUT2D eigenvalue weighted by atomic mass is 32.2. The Bertz CT molecular complexity index is 488. The molecule has 1 saturated carbocycles. The van der Waals surface area contributed by atoms with Crippen LogP contribution >= 0.6 is 0 Å². The van der Waals surface area contributed by atoms with Crippen molar-refractivity contribution < 1.29 is 13.2 Å². The molecule has 2 saturated heterocycles. The first-order chi connectivity index (χ1) is 9.95. The molecule has 0 aromatic heterocycles. The van der Waals surface area contributed by atoms with E-state index >= 15 is 0 Å². The van der Waals surface area contributed by atoms with Gasteiger partial charge in [-0.05, 0) is 25.2 Å². The minimum absolute atomic E-state index is 0.0841. The van der Waals surface area contributed by atoms with Crippen molar-refractivity contribution in [2.75, 3.05) is 26.2 Å². The van der Waals surface area contributed by atoms with Crippen LogP contribution in [0.4, 0.5) is 0 Å². The largest absolute Gasteiger partial charge is 0.339 e. The monoisotopic (exact) mass is 316 g/mol. The molecule has 1 amide bonds. The van der Waals surface area contributed by atoms with Crippen molar-refractivity contribution in [3.05, 3.63) is 0 Å². The summed E-state index contributed by atoms with van der Waals surface area (Å²) in [6.07, 6.45) is 5.85. The summed E-state index contributed by atoms with van der Waals surface area (Å²) in [6, 6.07) is 0.414. The normalized spacial score (nSPS) is 34.7. The van der Waals surface area contributed by atoms with Gasteiger partial charge in [-0.15, -0.1) is 0 Å². The van der Waals surface area contributed by atoms with E-state index in [2.05, 4.69) is 5.32 Å². The summed E-state index contributed by atoms with van der Waals surface area (Å²) in [4.78, 5) is 14.3. The lowest BCUT2D eigenvalue weighted by Crippen LogP contribution is -2.55.